The fourth-order valence-electron chi connectivity index (χ4n) is 3.23. The minimum absolute atomic E-state index is 0.175. The van der Waals surface area contributed by atoms with Gasteiger partial charge < -0.3 is 9.84 Å². The molecule has 1 aromatic carbocycles. The molecule has 18 heavy (non-hydrogen) atoms. The highest BCUT2D eigenvalue weighted by Crippen LogP contribution is 2.44. The summed E-state index contributed by atoms with van der Waals surface area (Å²) in [6, 6.07) is 10.3. The average molecular weight is 246 g/mol. The number of ether oxygens (including phenoxy) is 1. The van der Waals surface area contributed by atoms with Crippen LogP contribution >= 0.6 is 0 Å². The zero-order valence-corrected chi connectivity index (χ0v) is 10.3. The van der Waals surface area contributed by atoms with E-state index in [-0.39, 0.29) is 24.0 Å². The van der Waals surface area contributed by atoms with E-state index in [2.05, 4.69) is 12.1 Å². The van der Waals surface area contributed by atoms with E-state index in [1.165, 1.54) is 5.56 Å². The summed E-state index contributed by atoms with van der Waals surface area (Å²) in [5.41, 5.74) is 1.27. The van der Waals surface area contributed by atoms with Crippen molar-refractivity contribution in [3.8, 4) is 0 Å². The summed E-state index contributed by atoms with van der Waals surface area (Å²) in [4.78, 5) is 11.2. The molecule has 1 aromatic rings. The molecule has 0 radical (unpaired) electrons. The normalized spacial score (nSPS) is 34.4. The molecule has 2 aliphatic rings. The van der Waals surface area contributed by atoms with Crippen molar-refractivity contribution >= 4 is 5.97 Å². The Balaban J connectivity index is 1.59. The number of carboxylic acids is 1. The third kappa shape index (κ3) is 2.27. The standard InChI is InChI=1S/C15H18O3/c16-15(17)12-8-4-7-11(12)14-13(18-14)9-10-5-2-1-3-6-10/h1-3,5-6,11-14H,4,7-9H2,(H,16,17). The lowest BCUT2D eigenvalue weighted by Crippen LogP contribution is -2.23. The third-order valence-electron chi connectivity index (χ3n) is 4.21. The second-order valence-electron chi connectivity index (χ2n) is 5.37. The molecular formula is C15H18O3. The van der Waals surface area contributed by atoms with Crippen LogP contribution in [0.5, 0.6) is 0 Å². The highest BCUT2D eigenvalue weighted by molar-refractivity contribution is 5.70. The molecule has 1 saturated heterocycles. The Kier molecular flexibility index (Phi) is 3.08. The Labute approximate surface area is 107 Å². The number of hydrogen-bond acceptors (Lipinski definition) is 2. The van der Waals surface area contributed by atoms with Crippen LogP contribution in [0.1, 0.15) is 24.8 Å². The van der Waals surface area contributed by atoms with Crippen molar-refractivity contribution in [3.63, 3.8) is 0 Å². The second-order valence-corrected chi connectivity index (χ2v) is 5.37. The van der Waals surface area contributed by atoms with Crippen molar-refractivity contribution in [2.45, 2.75) is 37.9 Å². The van der Waals surface area contributed by atoms with Crippen molar-refractivity contribution in [3.05, 3.63) is 35.9 Å². The molecule has 0 bridgehead atoms. The summed E-state index contributed by atoms with van der Waals surface area (Å²) in [6.45, 7) is 0. The van der Waals surface area contributed by atoms with Gasteiger partial charge in [0.05, 0.1) is 18.1 Å². The van der Waals surface area contributed by atoms with Gasteiger partial charge in [0, 0.05) is 12.3 Å². The largest absolute Gasteiger partial charge is 0.481 e. The van der Waals surface area contributed by atoms with E-state index in [9.17, 15) is 9.90 Å². The van der Waals surface area contributed by atoms with Crippen LogP contribution in [0.15, 0.2) is 30.3 Å². The number of carbonyl (C=O) groups is 1. The van der Waals surface area contributed by atoms with Gasteiger partial charge in [-0.15, -0.1) is 0 Å². The lowest BCUT2D eigenvalue weighted by atomic mass is 9.90. The molecule has 2 fully saturated rings. The Hall–Kier alpha value is -1.35. The molecule has 1 aliphatic carbocycles. The van der Waals surface area contributed by atoms with Crippen LogP contribution in [0.3, 0.4) is 0 Å². The second kappa shape index (κ2) is 4.73. The van der Waals surface area contributed by atoms with Crippen LogP contribution in [0.4, 0.5) is 0 Å². The maximum atomic E-state index is 11.2. The van der Waals surface area contributed by atoms with Crippen molar-refractivity contribution in [2.75, 3.05) is 0 Å². The van der Waals surface area contributed by atoms with Gasteiger partial charge in [0.25, 0.3) is 0 Å². The van der Waals surface area contributed by atoms with Crippen LogP contribution in [0.25, 0.3) is 0 Å². The van der Waals surface area contributed by atoms with E-state index in [0.717, 1.165) is 25.7 Å². The minimum Gasteiger partial charge on any atom is -0.481 e. The molecule has 3 nitrogen and oxygen atoms in total. The molecule has 1 heterocycles. The molecule has 1 N–H and O–H groups in total. The van der Waals surface area contributed by atoms with Crippen LogP contribution in [-0.4, -0.2) is 23.3 Å². The predicted molar refractivity (Wildman–Crippen MR) is 67.3 cm³/mol. The lowest BCUT2D eigenvalue weighted by molar-refractivity contribution is -0.143. The van der Waals surface area contributed by atoms with Gasteiger partial charge in [-0.25, -0.2) is 0 Å². The van der Waals surface area contributed by atoms with E-state index >= 15 is 0 Å². The fraction of sp³-hybridized carbons (Fsp3) is 0.533. The van der Waals surface area contributed by atoms with Crippen LogP contribution in [-0.2, 0) is 16.0 Å². The zero-order chi connectivity index (χ0) is 12.5. The summed E-state index contributed by atoms with van der Waals surface area (Å²) >= 11 is 0. The van der Waals surface area contributed by atoms with Gasteiger partial charge in [-0.2, -0.15) is 0 Å². The van der Waals surface area contributed by atoms with Gasteiger partial charge >= 0.3 is 5.97 Å². The summed E-state index contributed by atoms with van der Waals surface area (Å²) in [5.74, 6) is -0.599. The van der Waals surface area contributed by atoms with Crippen molar-refractivity contribution in [2.24, 2.45) is 11.8 Å². The first-order chi connectivity index (χ1) is 8.75. The summed E-state index contributed by atoms with van der Waals surface area (Å²) < 4.78 is 5.72. The molecule has 0 amide bonds. The van der Waals surface area contributed by atoms with Gasteiger partial charge in [0.2, 0.25) is 0 Å². The van der Waals surface area contributed by atoms with E-state index in [0.29, 0.717) is 0 Å². The third-order valence-corrected chi connectivity index (χ3v) is 4.21. The molecule has 0 spiro atoms. The quantitative estimate of drug-likeness (QED) is 0.830. The van der Waals surface area contributed by atoms with E-state index < -0.39 is 5.97 Å². The SMILES string of the molecule is O=C(O)C1CCCC1C1OC1Cc1ccccc1. The Bertz CT molecular complexity index is 429. The Morgan fingerprint density at radius 1 is 1.28 bits per heavy atom. The van der Waals surface area contributed by atoms with E-state index in [1.807, 2.05) is 18.2 Å². The highest BCUT2D eigenvalue weighted by atomic mass is 16.6. The highest BCUT2D eigenvalue weighted by Gasteiger charge is 2.50. The maximum absolute atomic E-state index is 11.2. The van der Waals surface area contributed by atoms with Crippen molar-refractivity contribution in [1.29, 1.82) is 0 Å². The smallest absolute Gasteiger partial charge is 0.306 e. The number of rotatable bonds is 4. The average Bonchev–Trinajstić information content (AvgIpc) is 2.94. The minimum atomic E-state index is -0.647. The van der Waals surface area contributed by atoms with Gasteiger partial charge in [-0.3, -0.25) is 4.79 Å². The topological polar surface area (TPSA) is 49.8 Å². The molecule has 4 atom stereocenters. The van der Waals surface area contributed by atoms with Crippen LogP contribution < -0.4 is 0 Å². The first-order valence-corrected chi connectivity index (χ1v) is 6.68. The Morgan fingerprint density at radius 2 is 2.06 bits per heavy atom. The number of hydrogen-bond donors (Lipinski definition) is 1. The molecule has 3 rings (SSSR count). The first kappa shape index (κ1) is 11.7. The van der Waals surface area contributed by atoms with Crippen molar-refractivity contribution < 1.29 is 14.6 Å². The summed E-state index contributed by atoms with van der Waals surface area (Å²) in [6.07, 6.45) is 4.17. The molecule has 3 heteroatoms. The number of epoxide rings is 1. The maximum Gasteiger partial charge on any atom is 0.306 e. The molecule has 96 valence electrons. The monoisotopic (exact) mass is 246 g/mol. The van der Waals surface area contributed by atoms with Gasteiger partial charge in [-0.1, -0.05) is 36.8 Å². The van der Waals surface area contributed by atoms with E-state index in [1.54, 1.807) is 0 Å². The van der Waals surface area contributed by atoms with Crippen LogP contribution in [0, 0.1) is 11.8 Å². The van der Waals surface area contributed by atoms with Gasteiger partial charge in [0.15, 0.2) is 0 Å². The van der Waals surface area contributed by atoms with E-state index in [4.69, 9.17) is 4.74 Å². The zero-order valence-electron chi connectivity index (χ0n) is 10.3. The van der Waals surface area contributed by atoms with Crippen molar-refractivity contribution in [1.82, 2.24) is 0 Å². The molecular weight excluding hydrogens is 228 g/mol. The molecule has 1 aliphatic heterocycles. The molecule has 4 unspecified atom stereocenters. The number of aliphatic carboxylic acids is 1. The first-order valence-electron chi connectivity index (χ1n) is 6.68. The lowest BCUT2D eigenvalue weighted by Gasteiger charge is -2.12. The van der Waals surface area contributed by atoms with Crippen LogP contribution in [0.2, 0.25) is 0 Å². The molecule has 1 saturated carbocycles. The fourth-order valence-corrected chi connectivity index (χ4v) is 3.23. The van der Waals surface area contributed by atoms with Gasteiger partial charge in [0.1, 0.15) is 0 Å². The molecule has 0 aromatic heterocycles. The number of carboxylic acid groups (broad SMARTS) is 1. The summed E-state index contributed by atoms with van der Waals surface area (Å²) in [5, 5.41) is 9.18. The number of benzene rings is 1. The predicted octanol–water partition coefficient (Wildman–Crippen LogP) is 2.50. The summed E-state index contributed by atoms with van der Waals surface area (Å²) in [7, 11) is 0. The Morgan fingerprint density at radius 3 is 2.78 bits per heavy atom. The van der Waals surface area contributed by atoms with Gasteiger partial charge in [-0.05, 0) is 18.4 Å².